The third-order valence-corrected chi connectivity index (χ3v) is 4.47. The number of benzene rings is 1. The molecule has 0 radical (unpaired) electrons. The maximum atomic E-state index is 12.7. The minimum absolute atomic E-state index is 0.303. The fraction of sp³-hybridized carbons (Fsp3) is 0.368. The second-order valence-corrected chi connectivity index (χ2v) is 6.44. The minimum Gasteiger partial charge on any atom is -0.380 e. The van der Waals surface area contributed by atoms with E-state index < -0.39 is 11.2 Å². The monoisotopic (exact) mass is 384 g/mol. The SMILES string of the molecule is CCOCCn1c(N/N=C\c2ccc(C)cc2)nc2c1c(=O)n(C)c(=O)n2C. The summed E-state index contributed by atoms with van der Waals surface area (Å²) in [6.07, 6.45) is 1.67. The van der Waals surface area contributed by atoms with Gasteiger partial charge in [-0.05, 0) is 19.4 Å². The molecule has 0 aliphatic rings. The molecular formula is C19H24N6O3. The van der Waals surface area contributed by atoms with E-state index in [1.54, 1.807) is 17.8 Å². The van der Waals surface area contributed by atoms with Gasteiger partial charge in [-0.2, -0.15) is 10.1 Å². The summed E-state index contributed by atoms with van der Waals surface area (Å²) in [6, 6.07) is 7.91. The predicted octanol–water partition coefficient (Wildman–Crippen LogP) is 1.22. The molecule has 2 aromatic heterocycles. The second-order valence-electron chi connectivity index (χ2n) is 6.44. The Morgan fingerprint density at radius 3 is 2.57 bits per heavy atom. The molecule has 0 amide bonds. The Morgan fingerprint density at radius 2 is 1.89 bits per heavy atom. The summed E-state index contributed by atoms with van der Waals surface area (Å²) in [5.41, 5.74) is 4.78. The Hall–Kier alpha value is -3.20. The van der Waals surface area contributed by atoms with E-state index >= 15 is 0 Å². The molecule has 0 saturated heterocycles. The number of fused-ring (bicyclic) bond motifs is 1. The second kappa shape index (κ2) is 8.22. The van der Waals surface area contributed by atoms with Crippen LogP contribution < -0.4 is 16.7 Å². The summed E-state index contributed by atoms with van der Waals surface area (Å²) in [6.45, 7) is 5.30. The molecule has 3 aromatic rings. The van der Waals surface area contributed by atoms with Crippen molar-refractivity contribution < 1.29 is 4.74 Å². The zero-order valence-electron chi connectivity index (χ0n) is 16.5. The zero-order chi connectivity index (χ0) is 20.3. The first-order chi connectivity index (χ1) is 13.4. The molecule has 0 fully saturated rings. The van der Waals surface area contributed by atoms with Crippen molar-refractivity contribution >= 4 is 23.3 Å². The van der Waals surface area contributed by atoms with Crippen LogP contribution in [0, 0.1) is 6.92 Å². The van der Waals surface area contributed by atoms with Gasteiger partial charge in [-0.1, -0.05) is 29.8 Å². The van der Waals surface area contributed by atoms with Gasteiger partial charge in [0, 0.05) is 27.2 Å². The molecule has 0 bridgehead atoms. The lowest BCUT2D eigenvalue weighted by Gasteiger charge is -2.09. The van der Waals surface area contributed by atoms with E-state index in [0.29, 0.717) is 36.9 Å². The van der Waals surface area contributed by atoms with Crippen LogP contribution in [-0.2, 0) is 25.4 Å². The molecule has 0 aliphatic carbocycles. The van der Waals surface area contributed by atoms with E-state index in [4.69, 9.17) is 4.74 Å². The van der Waals surface area contributed by atoms with Crippen LogP contribution >= 0.6 is 0 Å². The van der Waals surface area contributed by atoms with Crippen molar-refractivity contribution in [2.45, 2.75) is 20.4 Å². The molecule has 0 saturated carbocycles. The Balaban J connectivity index is 2.02. The van der Waals surface area contributed by atoms with Crippen LogP contribution in [0.25, 0.3) is 11.2 Å². The standard InChI is InChI=1S/C19H24N6O3/c1-5-28-11-10-25-15-16(23(3)19(27)24(4)17(15)26)21-18(25)22-20-12-14-8-6-13(2)7-9-14/h6-9,12H,5,10-11H2,1-4H3,(H,21,22)/b20-12-. The molecule has 28 heavy (non-hydrogen) atoms. The maximum absolute atomic E-state index is 12.7. The van der Waals surface area contributed by atoms with Crippen molar-refractivity contribution in [3.8, 4) is 0 Å². The van der Waals surface area contributed by atoms with Crippen molar-refractivity contribution in [2.24, 2.45) is 19.2 Å². The molecule has 1 aromatic carbocycles. The number of anilines is 1. The van der Waals surface area contributed by atoms with Gasteiger partial charge in [0.2, 0.25) is 5.95 Å². The van der Waals surface area contributed by atoms with E-state index in [1.165, 1.54) is 17.2 Å². The van der Waals surface area contributed by atoms with Crippen LogP contribution in [0.3, 0.4) is 0 Å². The topological polar surface area (TPSA) is 95.4 Å². The van der Waals surface area contributed by atoms with E-state index in [9.17, 15) is 9.59 Å². The maximum Gasteiger partial charge on any atom is 0.332 e. The normalized spacial score (nSPS) is 11.6. The van der Waals surface area contributed by atoms with Crippen LogP contribution in [0.2, 0.25) is 0 Å². The highest BCUT2D eigenvalue weighted by molar-refractivity contribution is 5.80. The Bertz CT molecular complexity index is 1120. The Morgan fingerprint density at radius 1 is 1.18 bits per heavy atom. The van der Waals surface area contributed by atoms with Gasteiger partial charge < -0.3 is 9.30 Å². The largest absolute Gasteiger partial charge is 0.380 e. The average Bonchev–Trinajstić information content (AvgIpc) is 3.05. The number of ether oxygens (including phenoxy) is 1. The molecule has 0 atom stereocenters. The van der Waals surface area contributed by atoms with Gasteiger partial charge in [0.15, 0.2) is 11.2 Å². The number of hydrogen-bond donors (Lipinski definition) is 1. The van der Waals surface area contributed by atoms with Crippen LogP contribution in [0.5, 0.6) is 0 Å². The van der Waals surface area contributed by atoms with Crippen LogP contribution in [-0.4, -0.2) is 38.1 Å². The van der Waals surface area contributed by atoms with Gasteiger partial charge in [-0.15, -0.1) is 0 Å². The highest BCUT2D eigenvalue weighted by Crippen LogP contribution is 2.15. The van der Waals surface area contributed by atoms with Crippen molar-refractivity contribution in [3.05, 3.63) is 56.2 Å². The number of hydrazone groups is 1. The van der Waals surface area contributed by atoms with Gasteiger partial charge in [0.05, 0.1) is 12.8 Å². The van der Waals surface area contributed by atoms with Gasteiger partial charge in [-0.25, -0.2) is 10.2 Å². The smallest absolute Gasteiger partial charge is 0.332 e. The predicted molar refractivity (Wildman–Crippen MR) is 109 cm³/mol. The fourth-order valence-electron chi connectivity index (χ4n) is 2.87. The molecule has 9 nitrogen and oxygen atoms in total. The van der Waals surface area contributed by atoms with Crippen LogP contribution in [0.4, 0.5) is 5.95 Å². The lowest BCUT2D eigenvalue weighted by molar-refractivity contribution is 0.140. The van der Waals surface area contributed by atoms with Crippen molar-refractivity contribution in [2.75, 3.05) is 18.6 Å². The summed E-state index contributed by atoms with van der Waals surface area (Å²) in [4.78, 5) is 29.3. The zero-order valence-corrected chi connectivity index (χ0v) is 16.5. The average molecular weight is 384 g/mol. The van der Waals surface area contributed by atoms with Crippen molar-refractivity contribution in [3.63, 3.8) is 0 Å². The summed E-state index contributed by atoms with van der Waals surface area (Å²) in [5.74, 6) is 0.372. The highest BCUT2D eigenvalue weighted by atomic mass is 16.5. The third kappa shape index (κ3) is 3.74. The first-order valence-corrected chi connectivity index (χ1v) is 9.03. The molecular weight excluding hydrogens is 360 g/mol. The van der Waals surface area contributed by atoms with E-state index in [1.807, 2.05) is 38.1 Å². The summed E-state index contributed by atoms with van der Waals surface area (Å²) in [7, 11) is 3.04. The van der Waals surface area contributed by atoms with E-state index in [-0.39, 0.29) is 0 Å². The van der Waals surface area contributed by atoms with E-state index in [2.05, 4.69) is 15.5 Å². The van der Waals surface area contributed by atoms with Crippen LogP contribution in [0.15, 0.2) is 39.0 Å². The number of nitrogens with zero attached hydrogens (tertiary/aromatic N) is 5. The fourth-order valence-corrected chi connectivity index (χ4v) is 2.87. The first-order valence-electron chi connectivity index (χ1n) is 9.03. The van der Waals surface area contributed by atoms with Crippen molar-refractivity contribution in [1.82, 2.24) is 18.7 Å². The van der Waals surface area contributed by atoms with Gasteiger partial charge in [-0.3, -0.25) is 13.9 Å². The summed E-state index contributed by atoms with van der Waals surface area (Å²) in [5, 5.41) is 4.23. The lowest BCUT2D eigenvalue weighted by Crippen LogP contribution is -2.37. The van der Waals surface area contributed by atoms with E-state index in [0.717, 1.165) is 10.1 Å². The number of aromatic nitrogens is 4. The Labute approximate surface area is 161 Å². The molecule has 0 spiro atoms. The third-order valence-electron chi connectivity index (χ3n) is 4.47. The number of rotatable bonds is 7. The molecule has 148 valence electrons. The molecule has 0 aliphatic heterocycles. The molecule has 1 N–H and O–H groups in total. The quantitative estimate of drug-likeness (QED) is 0.375. The molecule has 3 rings (SSSR count). The van der Waals surface area contributed by atoms with Crippen molar-refractivity contribution in [1.29, 1.82) is 0 Å². The number of imidazole rings is 1. The molecule has 0 unspecified atom stereocenters. The number of aryl methyl sites for hydroxylation is 2. The highest BCUT2D eigenvalue weighted by Gasteiger charge is 2.18. The van der Waals surface area contributed by atoms with Gasteiger partial charge >= 0.3 is 5.69 Å². The summed E-state index contributed by atoms with van der Waals surface area (Å²) < 4.78 is 9.54. The van der Waals surface area contributed by atoms with Crippen LogP contribution in [0.1, 0.15) is 18.1 Å². The lowest BCUT2D eigenvalue weighted by atomic mass is 10.2. The Kier molecular flexibility index (Phi) is 5.74. The minimum atomic E-state index is -0.429. The number of nitrogens with one attached hydrogen (secondary N) is 1. The number of hydrogen-bond acceptors (Lipinski definition) is 6. The van der Waals surface area contributed by atoms with Gasteiger partial charge in [0.1, 0.15) is 0 Å². The molecule has 9 heteroatoms. The molecule has 2 heterocycles. The first kappa shape index (κ1) is 19.6. The van der Waals surface area contributed by atoms with Gasteiger partial charge in [0.25, 0.3) is 5.56 Å². The summed E-state index contributed by atoms with van der Waals surface area (Å²) >= 11 is 0.